The van der Waals surface area contributed by atoms with Crippen LogP contribution < -0.4 is 10.1 Å². The molecular weight excluding hydrogens is 236 g/mol. The van der Waals surface area contributed by atoms with Gasteiger partial charge in [-0.25, -0.2) is 0 Å². The highest BCUT2D eigenvalue weighted by atomic mass is 16.5. The van der Waals surface area contributed by atoms with E-state index in [1.165, 1.54) is 30.5 Å². The molecule has 1 N–H and O–H groups in total. The zero-order valence-corrected chi connectivity index (χ0v) is 12.0. The number of hydrogen-bond acceptors (Lipinski definition) is 3. The molecule has 104 valence electrons. The van der Waals surface area contributed by atoms with Crippen LogP contribution in [-0.4, -0.2) is 43.7 Å². The maximum absolute atomic E-state index is 6.07. The Morgan fingerprint density at radius 2 is 2.32 bits per heavy atom. The van der Waals surface area contributed by atoms with Crippen molar-refractivity contribution in [3.05, 3.63) is 29.3 Å². The molecule has 3 heteroatoms. The van der Waals surface area contributed by atoms with E-state index < -0.39 is 0 Å². The summed E-state index contributed by atoms with van der Waals surface area (Å²) >= 11 is 0. The molecule has 3 nitrogen and oxygen atoms in total. The molecule has 2 aliphatic heterocycles. The third-order valence-corrected chi connectivity index (χ3v) is 4.33. The van der Waals surface area contributed by atoms with Gasteiger partial charge in [0.1, 0.15) is 11.9 Å². The zero-order valence-electron chi connectivity index (χ0n) is 12.0. The van der Waals surface area contributed by atoms with E-state index >= 15 is 0 Å². The minimum absolute atomic E-state index is 0.340. The van der Waals surface area contributed by atoms with Gasteiger partial charge in [-0.2, -0.15) is 0 Å². The van der Waals surface area contributed by atoms with Crippen LogP contribution in [0.4, 0.5) is 0 Å². The first-order valence-corrected chi connectivity index (χ1v) is 7.40. The topological polar surface area (TPSA) is 24.5 Å². The summed E-state index contributed by atoms with van der Waals surface area (Å²) in [6.45, 7) is 5.58. The van der Waals surface area contributed by atoms with Gasteiger partial charge in [-0.15, -0.1) is 0 Å². The predicted molar refractivity (Wildman–Crippen MR) is 77.8 cm³/mol. The van der Waals surface area contributed by atoms with Crippen molar-refractivity contribution in [3.63, 3.8) is 0 Å². The summed E-state index contributed by atoms with van der Waals surface area (Å²) in [7, 11) is 2.07. The van der Waals surface area contributed by atoms with Gasteiger partial charge in [-0.1, -0.05) is 17.7 Å². The largest absolute Gasteiger partial charge is 0.488 e. The fraction of sp³-hybridized carbons (Fsp3) is 0.625. The minimum Gasteiger partial charge on any atom is -0.488 e. The van der Waals surface area contributed by atoms with Gasteiger partial charge in [0.05, 0.1) is 0 Å². The Morgan fingerprint density at radius 3 is 3.16 bits per heavy atom. The quantitative estimate of drug-likeness (QED) is 0.899. The van der Waals surface area contributed by atoms with E-state index in [9.17, 15) is 0 Å². The van der Waals surface area contributed by atoms with Crippen LogP contribution in [-0.2, 0) is 6.42 Å². The van der Waals surface area contributed by atoms with Crippen LogP contribution in [0.15, 0.2) is 18.2 Å². The van der Waals surface area contributed by atoms with E-state index in [2.05, 4.69) is 42.4 Å². The van der Waals surface area contributed by atoms with Gasteiger partial charge in [0.25, 0.3) is 0 Å². The molecule has 3 rings (SSSR count). The molecule has 0 amide bonds. The fourth-order valence-corrected chi connectivity index (χ4v) is 3.30. The maximum atomic E-state index is 6.07. The molecule has 0 saturated carbocycles. The normalized spacial score (nSPS) is 27.1. The molecule has 2 heterocycles. The summed E-state index contributed by atoms with van der Waals surface area (Å²) in [6.07, 6.45) is 4.01. The van der Waals surface area contributed by atoms with Gasteiger partial charge in [0.15, 0.2) is 0 Å². The monoisotopic (exact) mass is 260 g/mol. The molecule has 19 heavy (non-hydrogen) atoms. The highest BCUT2D eigenvalue weighted by Gasteiger charge is 2.27. The molecule has 2 aliphatic rings. The van der Waals surface area contributed by atoms with Crippen molar-refractivity contribution in [1.82, 2.24) is 10.2 Å². The average Bonchev–Trinajstić information content (AvgIpc) is 2.80. The molecule has 0 spiro atoms. The molecule has 1 saturated heterocycles. The summed E-state index contributed by atoms with van der Waals surface area (Å²) in [4.78, 5) is 2.55. The van der Waals surface area contributed by atoms with Gasteiger partial charge in [0.2, 0.25) is 0 Å². The zero-order chi connectivity index (χ0) is 13.2. The molecule has 1 aromatic carbocycles. The minimum atomic E-state index is 0.340. The van der Waals surface area contributed by atoms with Gasteiger partial charge in [-0.3, -0.25) is 4.90 Å². The molecule has 1 aromatic rings. The molecular formula is C16H24N2O. The van der Waals surface area contributed by atoms with Gasteiger partial charge in [-0.05, 0) is 45.0 Å². The van der Waals surface area contributed by atoms with Crippen LogP contribution in [0, 0.1) is 6.92 Å². The Kier molecular flexibility index (Phi) is 3.76. The van der Waals surface area contributed by atoms with Gasteiger partial charge >= 0.3 is 0 Å². The van der Waals surface area contributed by atoms with Gasteiger partial charge < -0.3 is 10.1 Å². The number of likely N-dealkylation sites (tertiary alicyclic amines) is 1. The number of rotatable bonds is 3. The molecule has 0 radical (unpaired) electrons. The first-order chi connectivity index (χ1) is 9.24. The Labute approximate surface area is 115 Å². The maximum Gasteiger partial charge on any atom is 0.123 e. The summed E-state index contributed by atoms with van der Waals surface area (Å²) < 4.78 is 6.07. The number of benzene rings is 1. The number of fused-ring (bicyclic) bond motifs is 1. The molecule has 2 unspecified atom stereocenters. The van der Waals surface area contributed by atoms with E-state index in [1.807, 2.05) is 0 Å². The summed E-state index contributed by atoms with van der Waals surface area (Å²) in [6, 6.07) is 7.18. The standard InChI is InChI=1S/C16H24N2O/c1-12-5-6-16-13(8-12)9-15(19-16)11-18-7-3-4-14(10-18)17-2/h5-6,8,14-15,17H,3-4,7,9-11H2,1-2H3. The van der Waals surface area contributed by atoms with Crippen molar-refractivity contribution >= 4 is 0 Å². The fourth-order valence-electron chi connectivity index (χ4n) is 3.30. The Morgan fingerprint density at radius 1 is 1.42 bits per heavy atom. The second-order valence-corrected chi connectivity index (χ2v) is 5.94. The average molecular weight is 260 g/mol. The van der Waals surface area contributed by atoms with E-state index in [0.29, 0.717) is 12.1 Å². The highest BCUT2D eigenvalue weighted by Crippen LogP contribution is 2.30. The van der Waals surface area contributed by atoms with Crippen molar-refractivity contribution in [2.45, 2.75) is 38.3 Å². The predicted octanol–water partition coefficient (Wildman–Crippen LogP) is 1.98. The number of nitrogens with one attached hydrogen (secondary N) is 1. The lowest BCUT2D eigenvalue weighted by atomic mass is 10.0. The lowest BCUT2D eigenvalue weighted by molar-refractivity contribution is 0.121. The number of aryl methyl sites for hydroxylation is 1. The van der Waals surface area contributed by atoms with Crippen LogP contribution in [0.1, 0.15) is 24.0 Å². The van der Waals surface area contributed by atoms with E-state index in [4.69, 9.17) is 4.74 Å². The number of likely N-dealkylation sites (N-methyl/N-ethyl adjacent to an activating group) is 1. The SMILES string of the molecule is CNC1CCCN(CC2Cc3cc(C)ccc3O2)C1. The van der Waals surface area contributed by atoms with Crippen LogP contribution in [0.2, 0.25) is 0 Å². The van der Waals surface area contributed by atoms with Gasteiger partial charge in [0, 0.05) is 25.6 Å². The van der Waals surface area contributed by atoms with Crippen molar-refractivity contribution in [1.29, 1.82) is 0 Å². The second-order valence-electron chi connectivity index (χ2n) is 5.94. The van der Waals surface area contributed by atoms with Crippen molar-refractivity contribution < 1.29 is 4.74 Å². The smallest absolute Gasteiger partial charge is 0.123 e. The molecule has 0 aromatic heterocycles. The summed E-state index contributed by atoms with van der Waals surface area (Å²) in [5, 5.41) is 3.40. The van der Waals surface area contributed by atoms with Crippen LogP contribution in [0.3, 0.4) is 0 Å². The molecule has 1 fully saturated rings. The summed E-state index contributed by atoms with van der Waals surface area (Å²) in [5.74, 6) is 1.10. The second kappa shape index (κ2) is 5.51. The van der Waals surface area contributed by atoms with Crippen LogP contribution in [0.5, 0.6) is 5.75 Å². The van der Waals surface area contributed by atoms with Crippen molar-refractivity contribution in [3.8, 4) is 5.75 Å². The Hall–Kier alpha value is -1.06. The first kappa shape index (κ1) is 12.9. The molecule has 2 atom stereocenters. The molecule has 0 aliphatic carbocycles. The first-order valence-electron chi connectivity index (χ1n) is 7.40. The lowest BCUT2D eigenvalue weighted by Gasteiger charge is -2.33. The van der Waals surface area contributed by atoms with Crippen LogP contribution in [0.25, 0.3) is 0 Å². The van der Waals surface area contributed by atoms with Crippen molar-refractivity contribution in [2.75, 3.05) is 26.7 Å². The Balaban J connectivity index is 1.58. The van der Waals surface area contributed by atoms with E-state index in [-0.39, 0.29) is 0 Å². The number of hydrogen-bond donors (Lipinski definition) is 1. The molecule has 0 bridgehead atoms. The van der Waals surface area contributed by atoms with Crippen molar-refractivity contribution in [2.24, 2.45) is 0 Å². The summed E-state index contributed by atoms with van der Waals surface area (Å²) in [5.41, 5.74) is 2.71. The van der Waals surface area contributed by atoms with E-state index in [1.54, 1.807) is 0 Å². The number of ether oxygens (including phenoxy) is 1. The van der Waals surface area contributed by atoms with E-state index in [0.717, 1.165) is 25.3 Å². The highest BCUT2D eigenvalue weighted by molar-refractivity contribution is 5.40. The third-order valence-electron chi connectivity index (χ3n) is 4.33. The third kappa shape index (κ3) is 2.93. The number of piperidine rings is 1. The van der Waals surface area contributed by atoms with Crippen LogP contribution >= 0.6 is 0 Å². The lowest BCUT2D eigenvalue weighted by Crippen LogP contribution is -2.47. The number of nitrogens with zero attached hydrogens (tertiary/aromatic N) is 1. The Bertz CT molecular complexity index is 446.